The Morgan fingerprint density at radius 1 is 1.40 bits per heavy atom. The van der Waals surface area contributed by atoms with Crippen molar-refractivity contribution in [2.75, 3.05) is 13.1 Å². The SMILES string of the molecule is FC1(C2CCCNC2)CC1. The molecule has 1 nitrogen and oxygen atoms in total. The van der Waals surface area contributed by atoms with Gasteiger partial charge in [-0.3, -0.25) is 0 Å². The highest BCUT2D eigenvalue weighted by Gasteiger charge is 2.49. The van der Waals surface area contributed by atoms with Crippen LogP contribution in [-0.4, -0.2) is 18.8 Å². The number of hydrogen-bond acceptors (Lipinski definition) is 1. The van der Waals surface area contributed by atoms with E-state index in [1.54, 1.807) is 0 Å². The summed E-state index contributed by atoms with van der Waals surface area (Å²) in [5, 5.41) is 3.24. The molecule has 10 heavy (non-hydrogen) atoms. The Balaban J connectivity index is 1.91. The van der Waals surface area contributed by atoms with Crippen LogP contribution in [0.25, 0.3) is 0 Å². The second kappa shape index (κ2) is 2.19. The Morgan fingerprint density at radius 2 is 2.20 bits per heavy atom. The number of nitrogens with one attached hydrogen (secondary N) is 1. The number of alkyl halides is 1. The van der Waals surface area contributed by atoms with E-state index < -0.39 is 5.67 Å². The minimum absolute atomic E-state index is 0.334. The van der Waals surface area contributed by atoms with Crippen LogP contribution in [0.3, 0.4) is 0 Å². The smallest absolute Gasteiger partial charge is 0.115 e. The molecule has 0 aromatic carbocycles. The standard InChI is InChI=1S/C8H14FN/c9-8(3-4-8)7-2-1-5-10-6-7/h7,10H,1-6H2. The highest BCUT2D eigenvalue weighted by molar-refractivity contribution is 5.01. The van der Waals surface area contributed by atoms with Gasteiger partial charge in [0, 0.05) is 12.5 Å². The topological polar surface area (TPSA) is 12.0 Å². The number of halogens is 1. The highest BCUT2D eigenvalue weighted by Crippen LogP contribution is 2.48. The van der Waals surface area contributed by atoms with Gasteiger partial charge in [-0.1, -0.05) is 0 Å². The minimum Gasteiger partial charge on any atom is -0.316 e. The van der Waals surface area contributed by atoms with E-state index in [1.165, 1.54) is 0 Å². The monoisotopic (exact) mass is 143 g/mol. The molecule has 0 radical (unpaired) electrons. The molecule has 0 amide bonds. The van der Waals surface area contributed by atoms with Gasteiger partial charge < -0.3 is 5.32 Å². The van der Waals surface area contributed by atoms with Crippen molar-refractivity contribution in [2.24, 2.45) is 5.92 Å². The average molecular weight is 143 g/mol. The molecule has 1 saturated heterocycles. The molecule has 0 aromatic rings. The van der Waals surface area contributed by atoms with Crippen molar-refractivity contribution < 1.29 is 4.39 Å². The van der Waals surface area contributed by atoms with Gasteiger partial charge in [0.25, 0.3) is 0 Å². The summed E-state index contributed by atoms with van der Waals surface area (Å²) in [5.74, 6) is 0.334. The maximum Gasteiger partial charge on any atom is 0.115 e. The molecule has 2 heteroatoms. The predicted molar refractivity (Wildman–Crippen MR) is 38.7 cm³/mol. The van der Waals surface area contributed by atoms with Crippen molar-refractivity contribution >= 4 is 0 Å². The third-order valence-electron chi connectivity index (χ3n) is 2.76. The summed E-state index contributed by atoms with van der Waals surface area (Å²) in [4.78, 5) is 0. The van der Waals surface area contributed by atoms with Gasteiger partial charge in [0.2, 0.25) is 0 Å². The second-order valence-electron chi connectivity index (χ2n) is 3.58. The van der Waals surface area contributed by atoms with Gasteiger partial charge in [-0.15, -0.1) is 0 Å². The van der Waals surface area contributed by atoms with Crippen molar-refractivity contribution in [3.8, 4) is 0 Å². The van der Waals surface area contributed by atoms with Crippen LogP contribution < -0.4 is 5.32 Å². The van der Waals surface area contributed by atoms with E-state index in [-0.39, 0.29) is 0 Å². The minimum atomic E-state index is -0.743. The first kappa shape index (κ1) is 6.59. The maximum atomic E-state index is 13.3. The molecule has 1 aliphatic heterocycles. The Hall–Kier alpha value is -0.110. The van der Waals surface area contributed by atoms with Crippen LogP contribution in [0.1, 0.15) is 25.7 Å². The van der Waals surface area contributed by atoms with E-state index in [2.05, 4.69) is 5.32 Å². The molecular formula is C8H14FN. The van der Waals surface area contributed by atoms with Crippen molar-refractivity contribution in [1.29, 1.82) is 0 Å². The molecule has 1 unspecified atom stereocenters. The average Bonchev–Trinajstić information content (AvgIpc) is 2.72. The lowest BCUT2D eigenvalue weighted by atomic mass is 9.93. The van der Waals surface area contributed by atoms with Gasteiger partial charge in [-0.25, -0.2) is 4.39 Å². The van der Waals surface area contributed by atoms with Gasteiger partial charge in [0.15, 0.2) is 0 Å². The van der Waals surface area contributed by atoms with Crippen LogP contribution >= 0.6 is 0 Å². The summed E-state index contributed by atoms with van der Waals surface area (Å²) in [6, 6.07) is 0. The first-order valence-corrected chi connectivity index (χ1v) is 4.21. The Bertz CT molecular complexity index is 125. The van der Waals surface area contributed by atoms with E-state index in [4.69, 9.17) is 0 Å². The third kappa shape index (κ3) is 1.05. The third-order valence-corrected chi connectivity index (χ3v) is 2.76. The maximum absolute atomic E-state index is 13.3. The number of hydrogen-bond donors (Lipinski definition) is 1. The number of rotatable bonds is 1. The predicted octanol–water partition coefficient (Wildman–Crippen LogP) is 1.49. The molecule has 0 spiro atoms. The molecule has 0 aromatic heterocycles. The molecule has 2 fully saturated rings. The van der Waals surface area contributed by atoms with Crippen LogP contribution in [0.2, 0.25) is 0 Å². The van der Waals surface area contributed by atoms with Crippen molar-refractivity contribution in [2.45, 2.75) is 31.4 Å². The summed E-state index contributed by atoms with van der Waals surface area (Å²) in [5.41, 5.74) is -0.743. The first-order chi connectivity index (χ1) is 4.81. The quantitative estimate of drug-likeness (QED) is 0.586. The van der Waals surface area contributed by atoms with Crippen molar-refractivity contribution in [3.63, 3.8) is 0 Å². The molecule has 1 N–H and O–H groups in total. The summed E-state index contributed by atoms with van der Waals surface area (Å²) in [6.07, 6.45) is 3.90. The van der Waals surface area contributed by atoms with Gasteiger partial charge >= 0.3 is 0 Å². The molecule has 2 rings (SSSR count). The Kier molecular flexibility index (Phi) is 1.44. The van der Waals surface area contributed by atoms with E-state index in [0.29, 0.717) is 5.92 Å². The fourth-order valence-corrected chi connectivity index (χ4v) is 1.82. The van der Waals surface area contributed by atoms with E-state index >= 15 is 0 Å². The number of piperidine rings is 1. The molecule has 1 aliphatic carbocycles. The molecule has 58 valence electrons. The van der Waals surface area contributed by atoms with Gasteiger partial charge in [-0.2, -0.15) is 0 Å². The Labute approximate surface area is 61.0 Å². The first-order valence-electron chi connectivity index (χ1n) is 4.21. The zero-order chi connectivity index (χ0) is 7.03. The van der Waals surface area contributed by atoms with Crippen LogP contribution in [0, 0.1) is 5.92 Å². The van der Waals surface area contributed by atoms with Crippen LogP contribution in [0.4, 0.5) is 4.39 Å². The molecule has 0 bridgehead atoms. The van der Waals surface area contributed by atoms with Crippen molar-refractivity contribution in [1.82, 2.24) is 5.32 Å². The molecule has 1 saturated carbocycles. The zero-order valence-electron chi connectivity index (χ0n) is 6.20. The fourth-order valence-electron chi connectivity index (χ4n) is 1.82. The summed E-state index contributed by atoms with van der Waals surface area (Å²) >= 11 is 0. The molecule has 1 heterocycles. The summed E-state index contributed by atoms with van der Waals surface area (Å²) < 4.78 is 13.3. The molecular weight excluding hydrogens is 129 g/mol. The van der Waals surface area contributed by atoms with Gasteiger partial charge in [-0.05, 0) is 32.2 Å². The lowest BCUT2D eigenvalue weighted by molar-refractivity contribution is 0.169. The van der Waals surface area contributed by atoms with Crippen molar-refractivity contribution in [3.05, 3.63) is 0 Å². The van der Waals surface area contributed by atoms with Crippen LogP contribution in [0.5, 0.6) is 0 Å². The summed E-state index contributed by atoms with van der Waals surface area (Å²) in [6.45, 7) is 2.00. The van der Waals surface area contributed by atoms with Crippen LogP contribution in [-0.2, 0) is 0 Å². The highest BCUT2D eigenvalue weighted by atomic mass is 19.1. The fraction of sp³-hybridized carbons (Fsp3) is 1.00. The largest absolute Gasteiger partial charge is 0.316 e. The van der Waals surface area contributed by atoms with Gasteiger partial charge in [0.05, 0.1) is 0 Å². The van der Waals surface area contributed by atoms with E-state index in [1.807, 2.05) is 0 Å². The lowest BCUT2D eigenvalue weighted by Crippen LogP contribution is -2.35. The second-order valence-corrected chi connectivity index (χ2v) is 3.58. The summed E-state index contributed by atoms with van der Waals surface area (Å²) in [7, 11) is 0. The zero-order valence-corrected chi connectivity index (χ0v) is 6.20. The normalized spacial score (nSPS) is 37.5. The van der Waals surface area contributed by atoms with E-state index in [9.17, 15) is 4.39 Å². The van der Waals surface area contributed by atoms with E-state index in [0.717, 1.165) is 38.8 Å². The molecule has 1 atom stereocenters. The Morgan fingerprint density at radius 3 is 2.70 bits per heavy atom. The van der Waals surface area contributed by atoms with Gasteiger partial charge in [0.1, 0.15) is 5.67 Å². The van der Waals surface area contributed by atoms with Crippen LogP contribution in [0.15, 0.2) is 0 Å². The molecule has 2 aliphatic rings. The lowest BCUT2D eigenvalue weighted by Gasteiger charge is -2.25.